The summed E-state index contributed by atoms with van der Waals surface area (Å²) in [5, 5.41) is 16.9. The highest BCUT2D eigenvalue weighted by atomic mass is 32.1. The second-order valence-electron chi connectivity index (χ2n) is 2.65. The molecule has 0 aliphatic heterocycles. The first-order valence-corrected chi connectivity index (χ1v) is 4.78. The van der Waals surface area contributed by atoms with E-state index in [0.29, 0.717) is 5.01 Å². The minimum Gasteiger partial charge on any atom is -0.231 e. The monoisotopic (exact) mass is 202 g/mol. The number of nitrogens with zero attached hydrogens (tertiary/aromatic N) is 4. The lowest BCUT2D eigenvalue weighted by atomic mass is 10.3. The van der Waals surface area contributed by atoms with Crippen LogP contribution in [0.3, 0.4) is 0 Å². The zero-order valence-electron chi connectivity index (χ0n) is 7.43. The van der Waals surface area contributed by atoms with Gasteiger partial charge in [-0.25, -0.2) is 4.98 Å². The summed E-state index contributed by atoms with van der Waals surface area (Å²) in [4.78, 5) is 5.01. The molecule has 2 heterocycles. The number of aromatic nitrogens is 3. The lowest BCUT2D eigenvalue weighted by Crippen LogP contribution is -1.84. The summed E-state index contributed by atoms with van der Waals surface area (Å²) in [5.41, 5.74) is 1.59. The standard InChI is InChI=1S/C9H6N4S/c1-6-9(14-8(5-10)12-6)7-3-2-4-11-13-7/h2-4H,1H3. The van der Waals surface area contributed by atoms with Gasteiger partial charge in [-0.3, -0.25) is 0 Å². The van der Waals surface area contributed by atoms with Crippen LogP contribution in [0.1, 0.15) is 10.7 Å². The summed E-state index contributed by atoms with van der Waals surface area (Å²) < 4.78 is 0. The van der Waals surface area contributed by atoms with Gasteiger partial charge in [0.2, 0.25) is 0 Å². The van der Waals surface area contributed by atoms with Crippen LogP contribution in [0.4, 0.5) is 0 Å². The highest BCUT2D eigenvalue weighted by Crippen LogP contribution is 2.27. The predicted molar refractivity (Wildman–Crippen MR) is 52.6 cm³/mol. The van der Waals surface area contributed by atoms with Crippen molar-refractivity contribution < 1.29 is 0 Å². The molecule has 2 rings (SSSR count). The number of thiazole rings is 1. The molecule has 0 unspecified atom stereocenters. The van der Waals surface area contributed by atoms with Crippen LogP contribution in [0.15, 0.2) is 18.3 Å². The molecule has 0 aliphatic rings. The Balaban J connectivity index is 2.53. The van der Waals surface area contributed by atoms with Gasteiger partial charge in [-0.2, -0.15) is 10.4 Å². The fraction of sp³-hybridized carbons (Fsp3) is 0.111. The Morgan fingerprint density at radius 2 is 2.36 bits per heavy atom. The maximum atomic E-state index is 8.68. The molecular formula is C9H6N4S. The van der Waals surface area contributed by atoms with Gasteiger partial charge < -0.3 is 0 Å². The van der Waals surface area contributed by atoms with Gasteiger partial charge in [0.05, 0.1) is 10.6 Å². The molecule has 2 aromatic heterocycles. The van der Waals surface area contributed by atoms with E-state index in [2.05, 4.69) is 15.2 Å². The van der Waals surface area contributed by atoms with Gasteiger partial charge in [0.1, 0.15) is 11.8 Å². The molecule has 0 amide bonds. The van der Waals surface area contributed by atoms with Crippen LogP contribution in [0, 0.1) is 18.3 Å². The Kier molecular flexibility index (Phi) is 2.21. The van der Waals surface area contributed by atoms with Crippen LogP contribution < -0.4 is 0 Å². The lowest BCUT2D eigenvalue weighted by molar-refractivity contribution is 1.04. The molecule has 4 nitrogen and oxygen atoms in total. The van der Waals surface area contributed by atoms with Crippen LogP contribution in [-0.2, 0) is 0 Å². The van der Waals surface area contributed by atoms with E-state index in [1.807, 2.05) is 25.1 Å². The van der Waals surface area contributed by atoms with Gasteiger partial charge in [0.25, 0.3) is 0 Å². The smallest absolute Gasteiger partial charge is 0.195 e. The third kappa shape index (κ3) is 1.47. The first kappa shape index (κ1) is 8.78. The lowest BCUT2D eigenvalue weighted by Gasteiger charge is -1.93. The quantitative estimate of drug-likeness (QED) is 0.707. The molecule has 0 aromatic carbocycles. The molecule has 14 heavy (non-hydrogen) atoms. The Morgan fingerprint density at radius 1 is 1.50 bits per heavy atom. The van der Waals surface area contributed by atoms with Gasteiger partial charge in [-0.15, -0.1) is 16.4 Å². The Morgan fingerprint density at radius 3 is 2.93 bits per heavy atom. The van der Waals surface area contributed by atoms with Gasteiger partial charge in [0, 0.05) is 6.20 Å². The second-order valence-corrected chi connectivity index (χ2v) is 3.65. The van der Waals surface area contributed by atoms with Crippen molar-refractivity contribution in [3.05, 3.63) is 29.0 Å². The van der Waals surface area contributed by atoms with Gasteiger partial charge in [-0.1, -0.05) is 0 Å². The first-order valence-electron chi connectivity index (χ1n) is 3.97. The number of aryl methyl sites for hydroxylation is 1. The summed E-state index contributed by atoms with van der Waals surface area (Å²) in [6.45, 7) is 1.86. The molecule has 0 atom stereocenters. The van der Waals surface area contributed by atoms with Gasteiger partial charge >= 0.3 is 0 Å². The van der Waals surface area contributed by atoms with Crippen molar-refractivity contribution in [1.82, 2.24) is 15.2 Å². The SMILES string of the molecule is Cc1nc(C#N)sc1-c1cccnn1. The molecule has 0 spiro atoms. The van der Waals surface area contributed by atoms with E-state index in [1.165, 1.54) is 11.3 Å². The number of nitriles is 1. The van der Waals surface area contributed by atoms with Gasteiger partial charge in [0.15, 0.2) is 5.01 Å². The van der Waals surface area contributed by atoms with E-state index < -0.39 is 0 Å². The molecule has 68 valence electrons. The minimum absolute atomic E-state index is 0.461. The van der Waals surface area contributed by atoms with Crippen molar-refractivity contribution in [1.29, 1.82) is 5.26 Å². The summed E-state index contributed by atoms with van der Waals surface area (Å²) in [5.74, 6) is 0. The first-order chi connectivity index (χ1) is 6.81. The number of hydrogen-bond acceptors (Lipinski definition) is 5. The molecule has 0 aliphatic carbocycles. The molecule has 0 fully saturated rings. The van der Waals surface area contributed by atoms with E-state index >= 15 is 0 Å². The Bertz CT molecular complexity index is 483. The zero-order chi connectivity index (χ0) is 9.97. The second kappa shape index (κ2) is 3.52. The van der Waals surface area contributed by atoms with E-state index in [1.54, 1.807) is 6.20 Å². The molecular weight excluding hydrogens is 196 g/mol. The molecule has 5 heteroatoms. The third-order valence-electron chi connectivity index (χ3n) is 1.70. The average Bonchev–Trinajstić information content (AvgIpc) is 2.61. The van der Waals surface area contributed by atoms with Gasteiger partial charge in [-0.05, 0) is 19.1 Å². The molecule has 2 aromatic rings. The van der Waals surface area contributed by atoms with E-state index in [4.69, 9.17) is 5.26 Å². The number of hydrogen-bond donors (Lipinski definition) is 0. The minimum atomic E-state index is 0.461. The average molecular weight is 202 g/mol. The summed E-state index contributed by atoms with van der Waals surface area (Å²) in [7, 11) is 0. The van der Waals surface area contributed by atoms with Crippen molar-refractivity contribution >= 4 is 11.3 Å². The van der Waals surface area contributed by atoms with Crippen molar-refractivity contribution in [3.8, 4) is 16.6 Å². The topological polar surface area (TPSA) is 62.5 Å². The Hall–Kier alpha value is -1.80. The summed E-state index contributed by atoms with van der Waals surface area (Å²) in [6, 6.07) is 5.69. The fourth-order valence-corrected chi connectivity index (χ4v) is 1.93. The highest BCUT2D eigenvalue weighted by Gasteiger charge is 2.09. The molecule has 0 N–H and O–H groups in total. The van der Waals surface area contributed by atoms with Crippen molar-refractivity contribution in [2.45, 2.75) is 6.92 Å². The normalized spacial score (nSPS) is 9.71. The number of rotatable bonds is 1. The van der Waals surface area contributed by atoms with Crippen LogP contribution >= 0.6 is 11.3 Å². The molecule has 0 saturated carbocycles. The van der Waals surface area contributed by atoms with Crippen molar-refractivity contribution in [2.75, 3.05) is 0 Å². The van der Waals surface area contributed by atoms with Crippen molar-refractivity contribution in [2.24, 2.45) is 0 Å². The van der Waals surface area contributed by atoms with E-state index in [0.717, 1.165) is 16.3 Å². The predicted octanol–water partition coefficient (Wildman–Crippen LogP) is 1.78. The molecule has 0 radical (unpaired) electrons. The van der Waals surface area contributed by atoms with Crippen LogP contribution in [0.2, 0.25) is 0 Å². The maximum Gasteiger partial charge on any atom is 0.195 e. The van der Waals surface area contributed by atoms with E-state index in [9.17, 15) is 0 Å². The van der Waals surface area contributed by atoms with Crippen LogP contribution in [0.5, 0.6) is 0 Å². The summed E-state index contributed by atoms with van der Waals surface area (Å²) >= 11 is 1.34. The zero-order valence-corrected chi connectivity index (χ0v) is 8.25. The summed E-state index contributed by atoms with van der Waals surface area (Å²) in [6.07, 6.45) is 1.62. The van der Waals surface area contributed by atoms with E-state index in [-0.39, 0.29) is 0 Å². The highest BCUT2D eigenvalue weighted by molar-refractivity contribution is 7.15. The molecule has 0 saturated heterocycles. The van der Waals surface area contributed by atoms with Crippen LogP contribution in [0.25, 0.3) is 10.6 Å². The Labute approximate surface area is 84.9 Å². The fourth-order valence-electron chi connectivity index (χ4n) is 1.10. The van der Waals surface area contributed by atoms with Crippen LogP contribution in [-0.4, -0.2) is 15.2 Å². The maximum absolute atomic E-state index is 8.68. The largest absolute Gasteiger partial charge is 0.231 e. The third-order valence-corrected chi connectivity index (χ3v) is 2.78. The van der Waals surface area contributed by atoms with Crippen molar-refractivity contribution in [3.63, 3.8) is 0 Å². The molecule has 0 bridgehead atoms.